The molecular formula is C15H22ClN3O. The van der Waals surface area contributed by atoms with Gasteiger partial charge in [-0.3, -0.25) is 4.79 Å². The number of carbonyl (C=O) groups is 1. The lowest BCUT2D eigenvalue weighted by atomic mass is 9.97. The summed E-state index contributed by atoms with van der Waals surface area (Å²) in [6, 6.07) is 5.28. The van der Waals surface area contributed by atoms with E-state index in [0.717, 1.165) is 37.7 Å². The zero-order chi connectivity index (χ0) is 14.5. The maximum absolute atomic E-state index is 11.1. The molecule has 0 spiro atoms. The number of rotatable bonds is 5. The van der Waals surface area contributed by atoms with Crippen molar-refractivity contribution in [3.05, 3.63) is 34.3 Å². The minimum absolute atomic E-state index is 0.443. The van der Waals surface area contributed by atoms with E-state index < -0.39 is 5.91 Å². The number of benzene rings is 1. The fourth-order valence-corrected chi connectivity index (χ4v) is 2.93. The topological polar surface area (TPSA) is 58.4 Å². The van der Waals surface area contributed by atoms with Crippen molar-refractivity contribution in [1.29, 1.82) is 0 Å². The van der Waals surface area contributed by atoms with E-state index in [2.05, 4.69) is 17.3 Å². The van der Waals surface area contributed by atoms with E-state index in [1.54, 1.807) is 12.1 Å². The van der Waals surface area contributed by atoms with Crippen molar-refractivity contribution in [3.8, 4) is 0 Å². The molecule has 1 aliphatic heterocycles. The first kappa shape index (κ1) is 15.3. The van der Waals surface area contributed by atoms with Gasteiger partial charge in [-0.25, -0.2) is 0 Å². The average molecular weight is 296 g/mol. The summed E-state index contributed by atoms with van der Waals surface area (Å²) in [6.07, 6.45) is 2.47. The van der Waals surface area contributed by atoms with E-state index in [1.165, 1.54) is 12.8 Å². The van der Waals surface area contributed by atoms with Crippen molar-refractivity contribution in [2.24, 2.45) is 11.7 Å². The molecule has 0 unspecified atom stereocenters. The molecule has 1 aliphatic rings. The number of primary amides is 1. The van der Waals surface area contributed by atoms with Gasteiger partial charge in [-0.15, -0.1) is 0 Å². The van der Waals surface area contributed by atoms with Crippen LogP contribution in [-0.4, -0.2) is 37.5 Å². The van der Waals surface area contributed by atoms with E-state index in [4.69, 9.17) is 17.3 Å². The van der Waals surface area contributed by atoms with Gasteiger partial charge in [-0.1, -0.05) is 17.7 Å². The van der Waals surface area contributed by atoms with Crippen molar-refractivity contribution in [3.63, 3.8) is 0 Å². The molecule has 4 nitrogen and oxygen atoms in total. The summed E-state index contributed by atoms with van der Waals surface area (Å²) in [7, 11) is 2.11. The monoisotopic (exact) mass is 295 g/mol. The van der Waals surface area contributed by atoms with Crippen LogP contribution in [0.25, 0.3) is 0 Å². The summed E-state index contributed by atoms with van der Waals surface area (Å²) in [6.45, 7) is 4.11. The molecule has 1 fully saturated rings. The van der Waals surface area contributed by atoms with Gasteiger partial charge in [-0.05, 0) is 56.6 Å². The second kappa shape index (κ2) is 7.07. The third-order valence-electron chi connectivity index (χ3n) is 3.81. The number of nitrogens with two attached hydrogens (primary N) is 1. The van der Waals surface area contributed by atoms with Gasteiger partial charge in [0.2, 0.25) is 5.91 Å². The third kappa shape index (κ3) is 4.20. The van der Waals surface area contributed by atoms with E-state index >= 15 is 0 Å². The first-order valence-electron chi connectivity index (χ1n) is 7.03. The summed E-state index contributed by atoms with van der Waals surface area (Å²) in [4.78, 5) is 13.4. The summed E-state index contributed by atoms with van der Waals surface area (Å²) in [5.74, 6) is 0.312. The Morgan fingerprint density at radius 1 is 1.45 bits per heavy atom. The SMILES string of the molecule is CN(Cc1ccc(C(N)=O)cc1Cl)CC1CCNCC1. The molecule has 0 radical (unpaired) electrons. The Morgan fingerprint density at radius 3 is 2.75 bits per heavy atom. The zero-order valence-corrected chi connectivity index (χ0v) is 12.6. The quantitative estimate of drug-likeness (QED) is 0.872. The van der Waals surface area contributed by atoms with Crippen molar-refractivity contribution in [2.45, 2.75) is 19.4 Å². The molecule has 0 atom stereocenters. The number of hydrogen-bond donors (Lipinski definition) is 2. The molecule has 1 heterocycles. The molecule has 1 saturated heterocycles. The minimum atomic E-state index is -0.443. The number of nitrogens with one attached hydrogen (secondary N) is 1. The molecule has 5 heteroatoms. The van der Waals surface area contributed by atoms with E-state index in [9.17, 15) is 4.79 Å². The lowest BCUT2D eigenvalue weighted by molar-refractivity contribution is 0.100. The summed E-state index contributed by atoms with van der Waals surface area (Å²) in [5, 5.41) is 3.99. The van der Waals surface area contributed by atoms with Gasteiger partial charge in [-0.2, -0.15) is 0 Å². The molecule has 3 N–H and O–H groups in total. The number of carbonyl (C=O) groups excluding carboxylic acids is 1. The average Bonchev–Trinajstić information content (AvgIpc) is 2.42. The van der Waals surface area contributed by atoms with Crippen LogP contribution in [0.15, 0.2) is 18.2 Å². The number of amides is 1. The van der Waals surface area contributed by atoms with Gasteiger partial charge < -0.3 is 16.0 Å². The van der Waals surface area contributed by atoms with E-state index in [1.807, 2.05) is 6.07 Å². The van der Waals surface area contributed by atoms with E-state index in [0.29, 0.717) is 10.6 Å². The summed E-state index contributed by atoms with van der Waals surface area (Å²) >= 11 is 6.22. The fourth-order valence-electron chi connectivity index (χ4n) is 2.69. The smallest absolute Gasteiger partial charge is 0.248 e. The van der Waals surface area contributed by atoms with Crippen molar-refractivity contribution in [2.75, 3.05) is 26.7 Å². The highest BCUT2D eigenvalue weighted by molar-refractivity contribution is 6.31. The highest BCUT2D eigenvalue weighted by Crippen LogP contribution is 2.20. The molecule has 1 aromatic carbocycles. The fraction of sp³-hybridized carbons (Fsp3) is 0.533. The van der Waals surface area contributed by atoms with Crippen LogP contribution in [0.5, 0.6) is 0 Å². The van der Waals surface area contributed by atoms with Gasteiger partial charge >= 0.3 is 0 Å². The molecule has 20 heavy (non-hydrogen) atoms. The predicted molar refractivity (Wildman–Crippen MR) is 81.9 cm³/mol. The Bertz CT molecular complexity index is 472. The van der Waals surface area contributed by atoms with Gasteiger partial charge in [0, 0.05) is 23.7 Å². The van der Waals surface area contributed by atoms with E-state index in [-0.39, 0.29) is 0 Å². The molecule has 0 aliphatic carbocycles. The van der Waals surface area contributed by atoms with Gasteiger partial charge in [0.25, 0.3) is 0 Å². The maximum Gasteiger partial charge on any atom is 0.248 e. The number of hydrogen-bond acceptors (Lipinski definition) is 3. The minimum Gasteiger partial charge on any atom is -0.366 e. The molecular weight excluding hydrogens is 274 g/mol. The standard InChI is InChI=1S/C15H22ClN3O/c1-19(9-11-4-6-18-7-5-11)10-13-3-2-12(15(17)20)8-14(13)16/h2-3,8,11,18H,4-7,9-10H2,1H3,(H2,17,20). The number of halogens is 1. The summed E-state index contributed by atoms with van der Waals surface area (Å²) in [5.41, 5.74) is 6.74. The van der Waals surface area contributed by atoms with Gasteiger partial charge in [0.1, 0.15) is 0 Å². The van der Waals surface area contributed by atoms with Crippen LogP contribution in [0.3, 0.4) is 0 Å². The maximum atomic E-state index is 11.1. The van der Waals surface area contributed by atoms with Crippen LogP contribution in [-0.2, 0) is 6.54 Å². The molecule has 0 saturated carbocycles. The molecule has 110 valence electrons. The molecule has 1 amide bonds. The Balaban J connectivity index is 1.93. The normalized spacial score (nSPS) is 16.6. The number of piperidine rings is 1. The highest BCUT2D eigenvalue weighted by atomic mass is 35.5. The van der Waals surface area contributed by atoms with Crippen LogP contribution in [0.4, 0.5) is 0 Å². The van der Waals surface area contributed by atoms with Crippen LogP contribution in [0.2, 0.25) is 5.02 Å². The molecule has 1 aromatic rings. The van der Waals surface area contributed by atoms with Crippen molar-refractivity contribution in [1.82, 2.24) is 10.2 Å². The molecule has 0 aromatic heterocycles. The Kier molecular flexibility index (Phi) is 5.40. The van der Waals surface area contributed by atoms with Crippen LogP contribution in [0.1, 0.15) is 28.8 Å². The Labute approximate surface area is 125 Å². The van der Waals surface area contributed by atoms with Crippen LogP contribution < -0.4 is 11.1 Å². The Hall–Kier alpha value is -1.10. The van der Waals surface area contributed by atoms with Crippen LogP contribution in [0, 0.1) is 5.92 Å². The summed E-state index contributed by atoms with van der Waals surface area (Å²) < 4.78 is 0. The first-order valence-corrected chi connectivity index (χ1v) is 7.41. The van der Waals surface area contributed by atoms with Gasteiger partial charge in [0.05, 0.1) is 0 Å². The first-order chi connectivity index (χ1) is 9.56. The second-order valence-corrected chi connectivity index (χ2v) is 5.97. The lowest BCUT2D eigenvalue weighted by Gasteiger charge is -2.27. The zero-order valence-electron chi connectivity index (χ0n) is 11.9. The largest absolute Gasteiger partial charge is 0.366 e. The Morgan fingerprint density at radius 2 is 2.15 bits per heavy atom. The molecule has 2 rings (SSSR count). The number of nitrogens with zero attached hydrogens (tertiary/aromatic N) is 1. The third-order valence-corrected chi connectivity index (χ3v) is 4.16. The van der Waals surface area contributed by atoms with Crippen molar-refractivity contribution < 1.29 is 4.79 Å². The highest BCUT2D eigenvalue weighted by Gasteiger charge is 2.16. The second-order valence-electron chi connectivity index (χ2n) is 5.56. The molecule has 0 bridgehead atoms. The van der Waals surface area contributed by atoms with Crippen LogP contribution >= 0.6 is 11.6 Å². The van der Waals surface area contributed by atoms with Crippen molar-refractivity contribution >= 4 is 17.5 Å². The lowest BCUT2D eigenvalue weighted by Crippen LogP contribution is -2.34. The van der Waals surface area contributed by atoms with Gasteiger partial charge in [0.15, 0.2) is 0 Å². The predicted octanol–water partition coefficient (Wildman–Crippen LogP) is 1.87.